The minimum Gasteiger partial charge on any atom is -0.449 e. The topological polar surface area (TPSA) is 53.1 Å². The summed E-state index contributed by atoms with van der Waals surface area (Å²) >= 11 is 6.19. The third-order valence-corrected chi connectivity index (χ3v) is 6.70. The molecule has 0 unspecified atom stereocenters. The summed E-state index contributed by atoms with van der Waals surface area (Å²) in [6, 6.07) is 19.0. The van der Waals surface area contributed by atoms with E-state index in [9.17, 15) is 14.0 Å². The molecule has 0 bridgehead atoms. The fourth-order valence-corrected chi connectivity index (χ4v) is 4.67. The summed E-state index contributed by atoms with van der Waals surface area (Å²) < 4.78 is 20.0. The number of fused-ring (bicyclic) bond motifs is 1. The molecule has 2 amide bonds. The fraction of sp³-hybridized carbons (Fsp3) is 0.214. The summed E-state index contributed by atoms with van der Waals surface area (Å²) in [5, 5.41) is 0.679. The van der Waals surface area contributed by atoms with Gasteiger partial charge in [0, 0.05) is 42.5 Å². The van der Waals surface area contributed by atoms with Crippen LogP contribution in [-0.2, 0) is 9.59 Å². The molecule has 5 rings (SSSR count). The smallest absolute Gasteiger partial charge is 0.294 e. The average Bonchev–Trinajstić information content (AvgIpc) is 2.89. The lowest BCUT2D eigenvalue weighted by Gasteiger charge is -2.38. The van der Waals surface area contributed by atoms with Crippen LogP contribution in [0.2, 0.25) is 5.02 Å². The summed E-state index contributed by atoms with van der Waals surface area (Å²) in [6.45, 7) is 4.30. The predicted molar refractivity (Wildman–Crippen MR) is 139 cm³/mol. The summed E-state index contributed by atoms with van der Waals surface area (Å²) in [7, 11) is 0. The Labute approximate surface area is 214 Å². The molecule has 0 N–H and O–H groups in total. The van der Waals surface area contributed by atoms with Gasteiger partial charge in [-0.25, -0.2) is 4.39 Å². The van der Waals surface area contributed by atoms with Crippen molar-refractivity contribution < 1.29 is 18.7 Å². The van der Waals surface area contributed by atoms with Gasteiger partial charge >= 0.3 is 0 Å². The molecule has 0 aliphatic carbocycles. The SMILES string of the molecule is Cc1ccc(Cl)cc1N1CCN(C(=O)CN2C(=O)C(=Cc3ccccc3F)Oc3ccccc32)CC1. The number of piperazine rings is 1. The molecule has 3 aromatic carbocycles. The van der Waals surface area contributed by atoms with Gasteiger partial charge in [-0.1, -0.05) is 48.0 Å². The van der Waals surface area contributed by atoms with E-state index in [2.05, 4.69) is 4.90 Å². The van der Waals surface area contributed by atoms with Crippen molar-refractivity contribution in [3.63, 3.8) is 0 Å². The number of carbonyl (C=O) groups excluding carboxylic acids is 2. The average molecular weight is 506 g/mol. The van der Waals surface area contributed by atoms with Crippen LogP contribution in [0.5, 0.6) is 5.75 Å². The number of para-hydroxylation sites is 2. The summed E-state index contributed by atoms with van der Waals surface area (Å²) in [6.07, 6.45) is 1.37. The number of carbonyl (C=O) groups is 2. The lowest BCUT2D eigenvalue weighted by molar-refractivity contribution is -0.131. The van der Waals surface area contributed by atoms with Crippen LogP contribution in [0.25, 0.3) is 6.08 Å². The van der Waals surface area contributed by atoms with Gasteiger partial charge in [0.1, 0.15) is 12.4 Å². The van der Waals surface area contributed by atoms with Crippen molar-refractivity contribution in [1.29, 1.82) is 0 Å². The lowest BCUT2D eigenvalue weighted by Crippen LogP contribution is -2.52. The number of halogens is 2. The zero-order chi connectivity index (χ0) is 25.2. The van der Waals surface area contributed by atoms with E-state index in [0.717, 1.165) is 11.3 Å². The molecule has 0 aromatic heterocycles. The fourth-order valence-electron chi connectivity index (χ4n) is 4.51. The van der Waals surface area contributed by atoms with Gasteiger partial charge in [-0.3, -0.25) is 14.5 Å². The molecule has 8 heteroatoms. The molecule has 0 spiro atoms. The highest BCUT2D eigenvalue weighted by atomic mass is 35.5. The Bertz CT molecular complexity index is 1350. The monoisotopic (exact) mass is 505 g/mol. The van der Waals surface area contributed by atoms with Crippen molar-refractivity contribution in [2.45, 2.75) is 6.92 Å². The van der Waals surface area contributed by atoms with Gasteiger partial charge in [-0.15, -0.1) is 0 Å². The first-order chi connectivity index (χ1) is 17.4. The summed E-state index contributed by atoms with van der Waals surface area (Å²) in [4.78, 5) is 32.0. The number of ether oxygens (including phenoxy) is 1. The first-order valence-corrected chi connectivity index (χ1v) is 12.1. The number of rotatable bonds is 4. The molecule has 2 heterocycles. The first-order valence-electron chi connectivity index (χ1n) is 11.7. The van der Waals surface area contributed by atoms with E-state index in [-0.39, 0.29) is 23.8 Å². The minimum absolute atomic E-state index is 0.0344. The molecule has 184 valence electrons. The van der Waals surface area contributed by atoms with E-state index in [4.69, 9.17) is 16.3 Å². The van der Waals surface area contributed by atoms with E-state index in [1.807, 2.05) is 25.1 Å². The zero-order valence-electron chi connectivity index (χ0n) is 19.8. The lowest BCUT2D eigenvalue weighted by atomic mass is 10.1. The minimum atomic E-state index is -0.488. The molecule has 0 radical (unpaired) electrons. The van der Waals surface area contributed by atoms with E-state index in [1.165, 1.54) is 17.0 Å². The quantitative estimate of drug-likeness (QED) is 0.473. The normalized spacial score (nSPS) is 16.7. The van der Waals surface area contributed by atoms with Gasteiger partial charge in [-0.2, -0.15) is 0 Å². The first kappa shape index (κ1) is 23.9. The highest BCUT2D eigenvalue weighted by molar-refractivity contribution is 6.30. The zero-order valence-corrected chi connectivity index (χ0v) is 20.5. The number of hydrogen-bond acceptors (Lipinski definition) is 4. The summed E-state index contributed by atoms with van der Waals surface area (Å²) in [5.41, 5.74) is 2.94. The van der Waals surface area contributed by atoms with Gasteiger partial charge in [0.25, 0.3) is 5.91 Å². The van der Waals surface area contributed by atoms with Crippen LogP contribution >= 0.6 is 11.6 Å². The number of nitrogens with zero attached hydrogens (tertiary/aromatic N) is 3. The maximum atomic E-state index is 14.2. The van der Waals surface area contributed by atoms with Crippen LogP contribution in [-0.4, -0.2) is 49.4 Å². The Morgan fingerprint density at radius 3 is 2.50 bits per heavy atom. The number of anilines is 2. The highest BCUT2D eigenvalue weighted by Crippen LogP contribution is 2.36. The third-order valence-electron chi connectivity index (χ3n) is 6.46. The van der Waals surface area contributed by atoms with Crippen LogP contribution in [0.3, 0.4) is 0 Å². The molecular weight excluding hydrogens is 481 g/mol. The van der Waals surface area contributed by atoms with Gasteiger partial charge < -0.3 is 14.5 Å². The van der Waals surface area contributed by atoms with E-state index in [1.54, 1.807) is 47.4 Å². The van der Waals surface area contributed by atoms with E-state index in [0.29, 0.717) is 42.6 Å². The molecule has 36 heavy (non-hydrogen) atoms. The Morgan fingerprint density at radius 2 is 1.72 bits per heavy atom. The van der Waals surface area contributed by atoms with Crippen molar-refractivity contribution in [3.05, 3.63) is 94.5 Å². The van der Waals surface area contributed by atoms with E-state index < -0.39 is 11.7 Å². The largest absolute Gasteiger partial charge is 0.449 e. The van der Waals surface area contributed by atoms with Gasteiger partial charge in [-0.05, 0) is 48.9 Å². The number of aryl methyl sites for hydroxylation is 1. The van der Waals surface area contributed by atoms with Crippen LogP contribution in [0, 0.1) is 12.7 Å². The van der Waals surface area contributed by atoms with Crippen molar-refractivity contribution in [2.24, 2.45) is 0 Å². The highest BCUT2D eigenvalue weighted by Gasteiger charge is 2.33. The molecule has 2 aliphatic heterocycles. The molecule has 2 aliphatic rings. The predicted octanol–water partition coefficient (Wildman–Crippen LogP) is 4.90. The second kappa shape index (κ2) is 10.0. The Kier molecular flexibility index (Phi) is 6.65. The van der Waals surface area contributed by atoms with Crippen molar-refractivity contribution >= 4 is 40.9 Å². The molecular formula is C28H25ClFN3O3. The second-order valence-electron chi connectivity index (χ2n) is 8.79. The van der Waals surface area contributed by atoms with Crippen molar-refractivity contribution in [2.75, 3.05) is 42.5 Å². The van der Waals surface area contributed by atoms with Crippen molar-refractivity contribution in [3.8, 4) is 5.75 Å². The standard InChI is InChI=1S/C28H25ClFN3O3/c1-19-10-11-21(29)17-24(19)31-12-14-32(15-13-31)27(34)18-33-23-8-4-5-9-25(23)36-26(28(33)35)16-20-6-2-3-7-22(20)30/h2-11,16-17H,12-15,18H2,1H3. The molecule has 1 fully saturated rings. The van der Waals surface area contributed by atoms with Crippen molar-refractivity contribution in [1.82, 2.24) is 4.90 Å². The van der Waals surface area contributed by atoms with Gasteiger partial charge in [0.15, 0.2) is 11.5 Å². The van der Waals surface area contributed by atoms with Crippen LogP contribution in [0.4, 0.5) is 15.8 Å². The van der Waals surface area contributed by atoms with Gasteiger partial charge in [0.05, 0.1) is 5.69 Å². The third kappa shape index (κ3) is 4.79. The second-order valence-corrected chi connectivity index (χ2v) is 9.23. The molecule has 1 saturated heterocycles. The molecule has 6 nitrogen and oxygen atoms in total. The molecule has 3 aromatic rings. The van der Waals surface area contributed by atoms with E-state index >= 15 is 0 Å². The maximum Gasteiger partial charge on any atom is 0.294 e. The number of benzene rings is 3. The Balaban J connectivity index is 1.33. The number of hydrogen-bond donors (Lipinski definition) is 0. The maximum absolute atomic E-state index is 14.2. The Morgan fingerprint density at radius 1 is 1.00 bits per heavy atom. The summed E-state index contributed by atoms with van der Waals surface area (Å²) in [5.74, 6) is -0.705. The van der Waals surface area contributed by atoms with Crippen LogP contribution < -0.4 is 14.5 Å². The molecule has 0 atom stereocenters. The Hall–Kier alpha value is -3.84. The van der Waals surface area contributed by atoms with Crippen LogP contribution in [0.15, 0.2) is 72.5 Å². The molecule has 0 saturated carbocycles. The van der Waals surface area contributed by atoms with Gasteiger partial charge in [0.2, 0.25) is 5.91 Å². The number of amides is 2. The van der Waals surface area contributed by atoms with Crippen LogP contribution in [0.1, 0.15) is 11.1 Å².